The summed E-state index contributed by atoms with van der Waals surface area (Å²) < 4.78 is 14.0. The van der Waals surface area contributed by atoms with E-state index in [0.29, 0.717) is 27.8 Å². The summed E-state index contributed by atoms with van der Waals surface area (Å²) in [6.45, 7) is 1.76. The Morgan fingerprint density at radius 1 is 1.10 bits per heavy atom. The Balaban J connectivity index is 2.06. The van der Waals surface area contributed by atoms with Crippen molar-refractivity contribution in [2.75, 3.05) is 5.32 Å². The number of halogens is 1. The van der Waals surface area contributed by atoms with Crippen LogP contribution in [0.25, 0.3) is 10.9 Å². The van der Waals surface area contributed by atoms with Crippen LogP contribution >= 0.6 is 0 Å². The number of para-hydroxylation sites is 1. The minimum atomic E-state index is -0.398. The van der Waals surface area contributed by atoms with Gasteiger partial charge in [0.15, 0.2) is 0 Å². The van der Waals surface area contributed by atoms with Crippen LogP contribution in [0.15, 0.2) is 48.5 Å². The number of benzene rings is 2. The highest BCUT2D eigenvalue weighted by atomic mass is 19.1. The number of carbonyl (C=O) groups is 1. The van der Waals surface area contributed by atoms with E-state index in [2.05, 4.69) is 10.3 Å². The Kier molecular flexibility index (Phi) is 2.99. The number of H-pyrrole nitrogens is 1. The zero-order valence-electron chi connectivity index (χ0n) is 10.9. The van der Waals surface area contributed by atoms with E-state index in [9.17, 15) is 9.18 Å². The lowest BCUT2D eigenvalue weighted by molar-refractivity contribution is 0.102. The number of carbonyl (C=O) groups excluding carboxylic acids is 1. The van der Waals surface area contributed by atoms with E-state index in [1.807, 2.05) is 18.2 Å². The van der Waals surface area contributed by atoms with Gasteiger partial charge < -0.3 is 10.3 Å². The standard InChI is InChI=1S/C16H13FN2O/c1-10-14(15-12(17)8-5-9-13(15)18-10)16(20)19-11-6-3-2-4-7-11/h2-9,18H,1H3,(H,19,20). The molecule has 0 aliphatic rings. The van der Waals surface area contributed by atoms with Gasteiger partial charge in [-0.25, -0.2) is 4.39 Å². The molecule has 3 rings (SSSR count). The topological polar surface area (TPSA) is 44.9 Å². The minimum Gasteiger partial charge on any atom is -0.358 e. The summed E-state index contributed by atoms with van der Waals surface area (Å²) in [6, 6.07) is 13.8. The predicted octanol–water partition coefficient (Wildman–Crippen LogP) is 3.87. The van der Waals surface area contributed by atoms with Crippen LogP contribution < -0.4 is 5.32 Å². The van der Waals surface area contributed by atoms with Gasteiger partial charge in [-0.2, -0.15) is 0 Å². The van der Waals surface area contributed by atoms with E-state index in [4.69, 9.17) is 0 Å². The molecular formula is C16H13FN2O. The Morgan fingerprint density at radius 3 is 2.60 bits per heavy atom. The zero-order valence-corrected chi connectivity index (χ0v) is 10.9. The molecule has 3 nitrogen and oxygen atoms in total. The molecule has 3 aromatic rings. The third kappa shape index (κ3) is 2.05. The molecule has 0 unspecified atom stereocenters. The lowest BCUT2D eigenvalue weighted by Gasteiger charge is -2.05. The largest absolute Gasteiger partial charge is 0.358 e. The van der Waals surface area contributed by atoms with E-state index in [1.54, 1.807) is 31.2 Å². The molecule has 0 radical (unpaired) electrons. The first-order valence-corrected chi connectivity index (χ1v) is 6.30. The number of aryl methyl sites for hydroxylation is 1. The van der Waals surface area contributed by atoms with Crippen molar-refractivity contribution < 1.29 is 9.18 Å². The maximum absolute atomic E-state index is 14.0. The quantitative estimate of drug-likeness (QED) is 0.728. The van der Waals surface area contributed by atoms with Crippen LogP contribution in [0.4, 0.5) is 10.1 Å². The second-order valence-electron chi connectivity index (χ2n) is 4.61. The van der Waals surface area contributed by atoms with E-state index in [0.717, 1.165) is 0 Å². The first-order chi connectivity index (χ1) is 9.66. The number of fused-ring (bicyclic) bond motifs is 1. The molecular weight excluding hydrogens is 255 g/mol. The first-order valence-electron chi connectivity index (χ1n) is 6.30. The monoisotopic (exact) mass is 268 g/mol. The molecule has 0 fully saturated rings. The molecule has 0 saturated carbocycles. The van der Waals surface area contributed by atoms with E-state index in [-0.39, 0.29) is 5.91 Å². The summed E-state index contributed by atoms with van der Waals surface area (Å²) in [4.78, 5) is 15.4. The molecule has 1 amide bonds. The van der Waals surface area contributed by atoms with Crippen LogP contribution in [0, 0.1) is 12.7 Å². The van der Waals surface area contributed by atoms with Crippen molar-refractivity contribution in [3.05, 3.63) is 65.6 Å². The van der Waals surface area contributed by atoms with Crippen molar-refractivity contribution in [2.45, 2.75) is 6.92 Å². The van der Waals surface area contributed by atoms with Crippen LogP contribution in [0.5, 0.6) is 0 Å². The Labute approximate surface area is 115 Å². The van der Waals surface area contributed by atoms with Crippen molar-refractivity contribution in [2.24, 2.45) is 0 Å². The van der Waals surface area contributed by atoms with Gasteiger partial charge in [0, 0.05) is 22.3 Å². The summed E-state index contributed by atoms with van der Waals surface area (Å²) >= 11 is 0. The number of nitrogens with one attached hydrogen (secondary N) is 2. The molecule has 4 heteroatoms. The number of hydrogen-bond donors (Lipinski definition) is 2. The number of aromatic amines is 1. The highest BCUT2D eigenvalue weighted by Gasteiger charge is 2.18. The summed E-state index contributed by atoms with van der Waals surface area (Å²) in [7, 11) is 0. The van der Waals surface area contributed by atoms with Crippen molar-refractivity contribution in [1.29, 1.82) is 0 Å². The van der Waals surface area contributed by atoms with Crippen LogP contribution in [-0.2, 0) is 0 Å². The van der Waals surface area contributed by atoms with Crippen molar-refractivity contribution >= 4 is 22.5 Å². The number of amides is 1. The lowest BCUT2D eigenvalue weighted by atomic mass is 10.1. The minimum absolute atomic E-state index is 0.315. The summed E-state index contributed by atoms with van der Waals surface area (Å²) in [5.41, 5.74) is 2.31. The third-order valence-corrected chi connectivity index (χ3v) is 3.22. The molecule has 0 aliphatic carbocycles. The SMILES string of the molecule is Cc1[nH]c2cccc(F)c2c1C(=O)Nc1ccccc1. The van der Waals surface area contributed by atoms with Gasteiger partial charge in [0.05, 0.1) is 5.56 Å². The third-order valence-electron chi connectivity index (χ3n) is 3.22. The summed E-state index contributed by atoms with van der Waals surface area (Å²) in [6.07, 6.45) is 0. The average molecular weight is 268 g/mol. The number of anilines is 1. The molecule has 0 atom stereocenters. The van der Waals surface area contributed by atoms with Gasteiger partial charge in [-0.15, -0.1) is 0 Å². The molecule has 20 heavy (non-hydrogen) atoms. The molecule has 100 valence electrons. The Bertz CT molecular complexity index is 778. The predicted molar refractivity (Wildman–Crippen MR) is 77.4 cm³/mol. The highest BCUT2D eigenvalue weighted by Crippen LogP contribution is 2.25. The van der Waals surface area contributed by atoms with Crippen LogP contribution in [0.3, 0.4) is 0 Å². The fourth-order valence-electron chi connectivity index (χ4n) is 2.33. The summed E-state index contributed by atoms with van der Waals surface area (Å²) in [5.74, 6) is -0.713. The average Bonchev–Trinajstić information content (AvgIpc) is 2.77. The second-order valence-corrected chi connectivity index (χ2v) is 4.61. The lowest BCUT2D eigenvalue weighted by Crippen LogP contribution is -2.12. The number of hydrogen-bond acceptors (Lipinski definition) is 1. The van der Waals surface area contributed by atoms with Gasteiger partial charge in [0.25, 0.3) is 5.91 Å². The molecule has 0 aliphatic heterocycles. The molecule has 0 bridgehead atoms. The molecule has 2 N–H and O–H groups in total. The maximum Gasteiger partial charge on any atom is 0.258 e. The smallest absolute Gasteiger partial charge is 0.258 e. The Hall–Kier alpha value is -2.62. The van der Waals surface area contributed by atoms with Gasteiger partial charge >= 0.3 is 0 Å². The van der Waals surface area contributed by atoms with Crippen LogP contribution in [-0.4, -0.2) is 10.9 Å². The van der Waals surface area contributed by atoms with Gasteiger partial charge in [-0.1, -0.05) is 24.3 Å². The summed E-state index contributed by atoms with van der Waals surface area (Å²) in [5, 5.41) is 3.11. The molecule has 2 aromatic carbocycles. The fourth-order valence-corrected chi connectivity index (χ4v) is 2.33. The number of aromatic nitrogens is 1. The van der Waals surface area contributed by atoms with E-state index in [1.165, 1.54) is 6.07 Å². The van der Waals surface area contributed by atoms with Crippen LogP contribution in [0.2, 0.25) is 0 Å². The van der Waals surface area contributed by atoms with Crippen molar-refractivity contribution in [3.63, 3.8) is 0 Å². The van der Waals surface area contributed by atoms with Gasteiger partial charge in [-0.05, 0) is 31.2 Å². The normalized spacial score (nSPS) is 10.7. The van der Waals surface area contributed by atoms with Gasteiger partial charge in [0.1, 0.15) is 5.82 Å². The fraction of sp³-hybridized carbons (Fsp3) is 0.0625. The van der Waals surface area contributed by atoms with Gasteiger partial charge in [0.2, 0.25) is 0 Å². The van der Waals surface area contributed by atoms with Crippen molar-refractivity contribution in [1.82, 2.24) is 4.98 Å². The van der Waals surface area contributed by atoms with Crippen molar-refractivity contribution in [3.8, 4) is 0 Å². The number of rotatable bonds is 2. The molecule has 1 heterocycles. The molecule has 0 saturated heterocycles. The van der Waals surface area contributed by atoms with Crippen LogP contribution in [0.1, 0.15) is 16.1 Å². The van der Waals surface area contributed by atoms with E-state index < -0.39 is 5.82 Å². The molecule has 1 aromatic heterocycles. The Morgan fingerprint density at radius 2 is 1.85 bits per heavy atom. The maximum atomic E-state index is 14.0. The highest BCUT2D eigenvalue weighted by molar-refractivity contribution is 6.14. The van der Waals surface area contributed by atoms with E-state index >= 15 is 0 Å². The second kappa shape index (κ2) is 4.81. The first kappa shape index (κ1) is 12.4. The van der Waals surface area contributed by atoms with Gasteiger partial charge in [-0.3, -0.25) is 4.79 Å². The molecule has 0 spiro atoms. The zero-order chi connectivity index (χ0) is 14.1.